The van der Waals surface area contributed by atoms with Crippen molar-refractivity contribution in [2.24, 2.45) is 0 Å². The molecule has 0 aliphatic rings. The number of ketones is 1. The molecule has 3 aromatic rings. The average Bonchev–Trinajstić information content (AvgIpc) is 2.89. The summed E-state index contributed by atoms with van der Waals surface area (Å²) in [6.07, 6.45) is 0. The van der Waals surface area contributed by atoms with Crippen LogP contribution >= 0.6 is 0 Å². The van der Waals surface area contributed by atoms with Crippen molar-refractivity contribution in [3.8, 4) is 11.5 Å². The Bertz CT molecular complexity index is 922. The summed E-state index contributed by atoms with van der Waals surface area (Å²) in [5.74, 6) is 0.220. The summed E-state index contributed by atoms with van der Waals surface area (Å²) in [5.41, 5.74) is 1.48. The molecule has 0 amide bonds. The van der Waals surface area contributed by atoms with Gasteiger partial charge in [-0.3, -0.25) is 9.36 Å². The van der Waals surface area contributed by atoms with E-state index in [0.29, 0.717) is 28.2 Å². The van der Waals surface area contributed by atoms with Crippen LogP contribution in [0.5, 0.6) is 11.5 Å². The van der Waals surface area contributed by atoms with Gasteiger partial charge in [-0.15, -0.1) is 0 Å². The van der Waals surface area contributed by atoms with Gasteiger partial charge >= 0.3 is 5.76 Å². The first kappa shape index (κ1) is 14.9. The fraction of sp³-hybridized carbons (Fsp3) is 0.176. The Morgan fingerprint density at radius 2 is 1.83 bits per heavy atom. The number of Topliss-reactive ketones (excluding diaryl/α,β-unsaturated/α-hetero) is 1. The van der Waals surface area contributed by atoms with Crippen molar-refractivity contribution in [1.82, 2.24) is 4.57 Å². The molecule has 0 bridgehead atoms. The Balaban J connectivity index is 1.95. The molecule has 6 nitrogen and oxygen atoms in total. The molecule has 118 valence electrons. The Morgan fingerprint density at radius 3 is 2.57 bits per heavy atom. The van der Waals surface area contributed by atoms with Crippen LogP contribution in [0.15, 0.2) is 51.7 Å². The van der Waals surface area contributed by atoms with Gasteiger partial charge in [-0.2, -0.15) is 0 Å². The van der Waals surface area contributed by atoms with Crippen LogP contribution in [0.3, 0.4) is 0 Å². The minimum atomic E-state index is -0.556. The Hall–Kier alpha value is -3.02. The topological polar surface area (TPSA) is 70.7 Å². The molecular formula is C17H15NO5. The highest BCUT2D eigenvalue weighted by molar-refractivity contribution is 5.97. The van der Waals surface area contributed by atoms with Crippen molar-refractivity contribution in [1.29, 1.82) is 0 Å². The zero-order valence-electron chi connectivity index (χ0n) is 12.7. The van der Waals surface area contributed by atoms with Gasteiger partial charge in [0.15, 0.2) is 22.9 Å². The second-order valence-corrected chi connectivity index (χ2v) is 4.91. The number of methoxy groups -OCH3 is 2. The van der Waals surface area contributed by atoms with Crippen molar-refractivity contribution in [3.63, 3.8) is 0 Å². The van der Waals surface area contributed by atoms with E-state index >= 15 is 0 Å². The molecule has 3 rings (SSSR count). The zero-order valence-corrected chi connectivity index (χ0v) is 12.7. The number of carbonyl (C=O) groups excluding carboxylic acids is 1. The van der Waals surface area contributed by atoms with E-state index in [1.165, 1.54) is 18.8 Å². The van der Waals surface area contributed by atoms with Gasteiger partial charge in [-0.25, -0.2) is 4.79 Å². The van der Waals surface area contributed by atoms with Crippen LogP contribution in [-0.4, -0.2) is 24.6 Å². The number of carbonyl (C=O) groups is 1. The van der Waals surface area contributed by atoms with Gasteiger partial charge in [0.05, 0.1) is 26.3 Å². The quantitative estimate of drug-likeness (QED) is 0.677. The fourth-order valence-corrected chi connectivity index (χ4v) is 2.41. The first-order chi connectivity index (χ1) is 11.1. The summed E-state index contributed by atoms with van der Waals surface area (Å²) in [7, 11) is 3.02. The van der Waals surface area contributed by atoms with E-state index in [1.807, 2.05) is 0 Å². The van der Waals surface area contributed by atoms with Gasteiger partial charge < -0.3 is 13.9 Å². The van der Waals surface area contributed by atoms with E-state index in [9.17, 15) is 9.59 Å². The molecule has 1 heterocycles. The summed E-state index contributed by atoms with van der Waals surface area (Å²) in [4.78, 5) is 24.4. The van der Waals surface area contributed by atoms with E-state index in [4.69, 9.17) is 13.9 Å². The lowest BCUT2D eigenvalue weighted by Crippen LogP contribution is -2.20. The molecule has 0 saturated heterocycles. The average molecular weight is 313 g/mol. The van der Waals surface area contributed by atoms with Crippen molar-refractivity contribution < 1.29 is 18.7 Å². The van der Waals surface area contributed by atoms with Crippen LogP contribution in [-0.2, 0) is 6.54 Å². The maximum atomic E-state index is 12.5. The lowest BCUT2D eigenvalue weighted by Gasteiger charge is -2.09. The highest BCUT2D eigenvalue weighted by Crippen LogP contribution is 2.28. The zero-order chi connectivity index (χ0) is 16.4. The molecule has 0 radical (unpaired) electrons. The molecule has 0 aliphatic heterocycles. The van der Waals surface area contributed by atoms with Crippen LogP contribution in [0, 0.1) is 0 Å². The summed E-state index contributed by atoms with van der Waals surface area (Å²) in [6, 6.07) is 11.9. The minimum Gasteiger partial charge on any atom is -0.493 e. The van der Waals surface area contributed by atoms with Gasteiger partial charge in [0.1, 0.15) is 0 Å². The molecule has 0 atom stereocenters. The minimum absolute atomic E-state index is 0.106. The lowest BCUT2D eigenvalue weighted by atomic mass is 10.1. The number of benzene rings is 2. The molecule has 6 heteroatoms. The maximum absolute atomic E-state index is 12.5. The first-order valence-corrected chi connectivity index (χ1v) is 6.97. The van der Waals surface area contributed by atoms with E-state index in [1.54, 1.807) is 42.5 Å². The highest BCUT2D eigenvalue weighted by Gasteiger charge is 2.15. The largest absolute Gasteiger partial charge is 0.493 e. The number of hydrogen-bond acceptors (Lipinski definition) is 5. The van der Waals surface area contributed by atoms with Gasteiger partial charge in [0.25, 0.3) is 0 Å². The van der Waals surface area contributed by atoms with Gasteiger partial charge in [0.2, 0.25) is 0 Å². The number of aromatic nitrogens is 1. The lowest BCUT2D eigenvalue weighted by molar-refractivity contribution is 0.0970. The molecule has 2 aromatic carbocycles. The molecule has 0 aliphatic carbocycles. The van der Waals surface area contributed by atoms with Crippen LogP contribution in [0.1, 0.15) is 10.4 Å². The predicted molar refractivity (Wildman–Crippen MR) is 84.4 cm³/mol. The Labute approximate surface area is 131 Å². The van der Waals surface area contributed by atoms with Crippen molar-refractivity contribution >= 4 is 16.9 Å². The normalized spacial score (nSPS) is 10.7. The van der Waals surface area contributed by atoms with Crippen LogP contribution in [0.4, 0.5) is 0 Å². The highest BCUT2D eigenvalue weighted by atomic mass is 16.5. The summed E-state index contributed by atoms with van der Waals surface area (Å²) >= 11 is 0. The van der Waals surface area contributed by atoms with Crippen molar-refractivity contribution in [3.05, 3.63) is 58.6 Å². The molecule has 0 N–H and O–H groups in total. The van der Waals surface area contributed by atoms with Crippen LogP contribution < -0.4 is 15.2 Å². The molecule has 23 heavy (non-hydrogen) atoms. The molecular weight excluding hydrogens is 298 g/mol. The molecule has 0 unspecified atom stereocenters. The number of hydrogen-bond donors (Lipinski definition) is 0. The number of para-hydroxylation sites is 2. The fourth-order valence-electron chi connectivity index (χ4n) is 2.41. The number of fused-ring (bicyclic) bond motifs is 1. The van der Waals surface area contributed by atoms with E-state index in [-0.39, 0.29) is 12.3 Å². The van der Waals surface area contributed by atoms with E-state index in [2.05, 4.69) is 0 Å². The first-order valence-electron chi connectivity index (χ1n) is 6.97. The number of ether oxygens (including phenoxy) is 2. The Kier molecular flexibility index (Phi) is 3.89. The third kappa shape index (κ3) is 2.70. The van der Waals surface area contributed by atoms with Crippen molar-refractivity contribution in [2.45, 2.75) is 6.54 Å². The molecule has 0 spiro atoms. The van der Waals surface area contributed by atoms with E-state index < -0.39 is 5.76 Å². The van der Waals surface area contributed by atoms with Crippen LogP contribution in [0.2, 0.25) is 0 Å². The summed E-state index contributed by atoms with van der Waals surface area (Å²) in [5, 5.41) is 0. The predicted octanol–water partition coefficient (Wildman–Crippen LogP) is 2.49. The van der Waals surface area contributed by atoms with Gasteiger partial charge in [0, 0.05) is 5.56 Å². The van der Waals surface area contributed by atoms with Crippen LogP contribution in [0.25, 0.3) is 11.1 Å². The number of rotatable bonds is 5. The third-order valence-electron chi connectivity index (χ3n) is 3.58. The molecule has 0 fully saturated rings. The number of oxazole rings is 1. The smallest absolute Gasteiger partial charge is 0.420 e. The Morgan fingerprint density at radius 1 is 1.09 bits per heavy atom. The summed E-state index contributed by atoms with van der Waals surface area (Å²) < 4.78 is 16.8. The maximum Gasteiger partial charge on any atom is 0.420 e. The third-order valence-corrected chi connectivity index (χ3v) is 3.58. The van der Waals surface area contributed by atoms with Gasteiger partial charge in [-0.05, 0) is 30.3 Å². The number of nitrogens with zero attached hydrogens (tertiary/aromatic N) is 1. The monoisotopic (exact) mass is 313 g/mol. The van der Waals surface area contributed by atoms with Gasteiger partial charge in [-0.1, -0.05) is 12.1 Å². The molecule has 1 aromatic heterocycles. The molecule has 0 saturated carbocycles. The second kappa shape index (κ2) is 6.00. The second-order valence-electron chi connectivity index (χ2n) is 4.91. The summed E-state index contributed by atoms with van der Waals surface area (Å²) in [6.45, 7) is -0.106. The van der Waals surface area contributed by atoms with Crippen molar-refractivity contribution in [2.75, 3.05) is 14.2 Å². The van der Waals surface area contributed by atoms with E-state index in [0.717, 1.165) is 0 Å². The standard InChI is InChI=1S/C17H15NO5/c1-21-15-8-7-11(9-16(15)22-2)13(19)10-18-12-5-3-4-6-14(12)23-17(18)20/h3-9H,10H2,1-2H3. The SMILES string of the molecule is COc1ccc(C(=O)Cn2c(=O)oc3ccccc32)cc1OC.